The number of thiophene rings is 1. The highest BCUT2D eigenvalue weighted by molar-refractivity contribution is 7.26. The fraction of sp³-hybridized carbons (Fsp3) is 0.0417. The topological polar surface area (TPSA) is 35.0 Å². The van der Waals surface area contributed by atoms with Gasteiger partial charge in [0, 0.05) is 48.0 Å². The van der Waals surface area contributed by atoms with Crippen molar-refractivity contribution < 1.29 is 4.74 Å². The van der Waals surface area contributed by atoms with Gasteiger partial charge in [0.2, 0.25) is 0 Å². The fourth-order valence-corrected chi connectivity index (χ4v) is 9.43. The average Bonchev–Trinajstić information content (AvgIpc) is 3.72. The normalized spacial score (nSPS) is 13.9. The molecule has 1 aliphatic carbocycles. The lowest BCUT2D eigenvalue weighted by molar-refractivity contribution is 0.436. The van der Waals surface area contributed by atoms with Crippen molar-refractivity contribution >= 4 is 37.1 Å². The molecule has 4 heteroatoms. The van der Waals surface area contributed by atoms with E-state index in [1.54, 1.807) is 6.08 Å². The SMILES string of the molecule is C=C/C=C\C(=C/C)c1nc(-c2ccccc2)cc(-c2ccc3c(c2)C2(c4ccccc4Oc4ccccc42)c2ccc4sc5ccccc5c4c2-3)n1. The van der Waals surface area contributed by atoms with E-state index >= 15 is 0 Å². The monoisotopic (exact) mass is 684 g/mol. The van der Waals surface area contributed by atoms with E-state index in [4.69, 9.17) is 14.7 Å². The zero-order valence-electron chi connectivity index (χ0n) is 28.5. The quantitative estimate of drug-likeness (QED) is 0.169. The second kappa shape index (κ2) is 11.9. The molecule has 52 heavy (non-hydrogen) atoms. The molecule has 6 aromatic carbocycles. The van der Waals surface area contributed by atoms with Crippen molar-refractivity contribution in [3.05, 3.63) is 198 Å². The predicted octanol–water partition coefficient (Wildman–Crippen LogP) is 12.8. The minimum Gasteiger partial charge on any atom is -0.457 e. The van der Waals surface area contributed by atoms with Crippen molar-refractivity contribution in [3.63, 3.8) is 0 Å². The Bertz CT molecular complexity index is 2760. The first-order valence-electron chi connectivity index (χ1n) is 17.6. The lowest BCUT2D eigenvalue weighted by Gasteiger charge is -2.39. The molecule has 0 atom stereocenters. The van der Waals surface area contributed by atoms with Gasteiger partial charge in [-0.1, -0.05) is 134 Å². The van der Waals surface area contributed by atoms with E-state index in [1.807, 2.05) is 36.5 Å². The first kappa shape index (κ1) is 30.5. The number of benzene rings is 6. The van der Waals surface area contributed by atoms with Crippen molar-refractivity contribution in [2.75, 3.05) is 0 Å². The van der Waals surface area contributed by atoms with Crippen LogP contribution in [0.3, 0.4) is 0 Å². The molecule has 0 fully saturated rings. The van der Waals surface area contributed by atoms with Crippen LogP contribution in [-0.2, 0) is 5.41 Å². The van der Waals surface area contributed by atoms with Gasteiger partial charge < -0.3 is 4.74 Å². The summed E-state index contributed by atoms with van der Waals surface area (Å²) in [7, 11) is 0. The first-order chi connectivity index (χ1) is 25.7. The van der Waals surface area contributed by atoms with Gasteiger partial charge in [-0.25, -0.2) is 9.97 Å². The number of hydrogen-bond donors (Lipinski definition) is 0. The summed E-state index contributed by atoms with van der Waals surface area (Å²) in [5.41, 5.74) is 11.5. The minimum absolute atomic E-state index is 0.608. The van der Waals surface area contributed by atoms with Crippen LogP contribution in [0, 0.1) is 0 Å². The minimum atomic E-state index is -0.608. The van der Waals surface area contributed by atoms with Crippen molar-refractivity contribution in [3.8, 4) is 45.1 Å². The molecule has 246 valence electrons. The molecule has 0 saturated heterocycles. The van der Waals surface area contributed by atoms with E-state index in [-0.39, 0.29) is 0 Å². The molecular formula is C48H32N2OS. The summed E-state index contributed by atoms with van der Waals surface area (Å²) in [4.78, 5) is 10.3. The summed E-state index contributed by atoms with van der Waals surface area (Å²) in [5.74, 6) is 2.43. The maximum Gasteiger partial charge on any atom is 0.160 e. The third-order valence-corrected chi connectivity index (χ3v) is 11.7. The number of aromatic nitrogens is 2. The van der Waals surface area contributed by atoms with E-state index in [1.165, 1.54) is 42.4 Å². The first-order valence-corrected chi connectivity index (χ1v) is 18.4. The summed E-state index contributed by atoms with van der Waals surface area (Å²) in [6.07, 6.45) is 7.77. The number of allylic oxidation sites excluding steroid dienone is 5. The third-order valence-electron chi connectivity index (χ3n) is 10.5. The molecule has 8 aromatic rings. The van der Waals surface area contributed by atoms with Gasteiger partial charge in [0.1, 0.15) is 11.5 Å². The molecule has 0 saturated carbocycles. The number of para-hydroxylation sites is 2. The van der Waals surface area contributed by atoms with Crippen LogP contribution < -0.4 is 4.74 Å². The van der Waals surface area contributed by atoms with E-state index in [9.17, 15) is 0 Å². The molecular weight excluding hydrogens is 653 g/mol. The summed E-state index contributed by atoms with van der Waals surface area (Å²) in [5, 5.41) is 2.60. The Hall–Kier alpha value is -6.36. The third kappa shape index (κ3) is 4.38. The lowest BCUT2D eigenvalue weighted by atomic mass is 9.66. The maximum atomic E-state index is 6.66. The molecule has 2 aliphatic rings. The smallest absolute Gasteiger partial charge is 0.160 e. The Kier molecular flexibility index (Phi) is 6.95. The summed E-state index contributed by atoms with van der Waals surface area (Å²) < 4.78 is 9.25. The molecule has 1 spiro atoms. The van der Waals surface area contributed by atoms with Gasteiger partial charge >= 0.3 is 0 Å². The summed E-state index contributed by atoms with van der Waals surface area (Å²) in [6.45, 7) is 5.90. The highest BCUT2D eigenvalue weighted by Crippen LogP contribution is 2.64. The standard InChI is InChI=1S/C48H32N2OS/c1-3-5-15-30(4-2)47-49-39(31-16-7-6-8-17-31)29-40(50-47)32-24-25-33-38(28-32)48(35-19-10-12-21-41(35)51-42-22-13-11-20-36(42)48)37-26-27-44-46(45(33)37)34-18-9-14-23-43(34)52-44/h3-29H,1H2,2H3/b15-5-,30-4+. The number of hydrogen-bond acceptors (Lipinski definition) is 4. The molecule has 1 aliphatic heterocycles. The second-order valence-corrected chi connectivity index (χ2v) is 14.3. The van der Waals surface area contributed by atoms with Crippen molar-refractivity contribution in [1.82, 2.24) is 9.97 Å². The zero-order valence-corrected chi connectivity index (χ0v) is 29.3. The molecule has 0 bridgehead atoms. The average molecular weight is 685 g/mol. The Morgan fingerprint density at radius 3 is 2.10 bits per heavy atom. The van der Waals surface area contributed by atoms with Gasteiger partial charge in [0.05, 0.1) is 16.8 Å². The molecule has 2 aromatic heterocycles. The number of fused-ring (bicyclic) bond motifs is 13. The number of nitrogens with zero attached hydrogens (tertiary/aromatic N) is 2. The van der Waals surface area contributed by atoms with Crippen LogP contribution in [0.4, 0.5) is 0 Å². The van der Waals surface area contributed by atoms with Crippen LogP contribution in [-0.4, -0.2) is 9.97 Å². The molecule has 10 rings (SSSR count). The predicted molar refractivity (Wildman–Crippen MR) is 216 cm³/mol. The lowest BCUT2D eigenvalue weighted by Crippen LogP contribution is -2.32. The fourth-order valence-electron chi connectivity index (χ4n) is 8.31. The summed E-state index contributed by atoms with van der Waals surface area (Å²) in [6, 6.07) is 50.0. The highest BCUT2D eigenvalue weighted by Gasteiger charge is 2.51. The molecule has 0 amide bonds. The molecule has 3 heterocycles. The van der Waals surface area contributed by atoms with Gasteiger partial charge in [0.25, 0.3) is 0 Å². The van der Waals surface area contributed by atoms with Crippen molar-refractivity contribution in [2.24, 2.45) is 0 Å². The maximum absolute atomic E-state index is 6.66. The Balaban J connectivity index is 1.31. The Labute approximate surface area is 306 Å². The largest absolute Gasteiger partial charge is 0.457 e. The number of rotatable bonds is 5. The highest BCUT2D eigenvalue weighted by atomic mass is 32.1. The molecule has 0 N–H and O–H groups in total. The van der Waals surface area contributed by atoms with Gasteiger partial charge in [-0.15, -0.1) is 11.3 Å². The van der Waals surface area contributed by atoms with Crippen LogP contribution >= 0.6 is 11.3 Å². The zero-order chi connectivity index (χ0) is 34.8. The van der Waals surface area contributed by atoms with E-state index < -0.39 is 5.41 Å². The Morgan fingerprint density at radius 2 is 1.35 bits per heavy atom. The van der Waals surface area contributed by atoms with Crippen LogP contribution in [0.15, 0.2) is 170 Å². The van der Waals surface area contributed by atoms with Crippen molar-refractivity contribution in [2.45, 2.75) is 12.3 Å². The molecule has 0 radical (unpaired) electrons. The molecule has 0 unspecified atom stereocenters. The van der Waals surface area contributed by atoms with Gasteiger partial charge in [-0.3, -0.25) is 0 Å². The van der Waals surface area contributed by atoms with Crippen LogP contribution in [0.2, 0.25) is 0 Å². The van der Waals surface area contributed by atoms with E-state index in [0.717, 1.165) is 50.7 Å². The van der Waals surface area contributed by atoms with E-state index in [2.05, 4.69) is 146 Å². The second-order valence-electron chi connectivity index (χ2n) is 13.2. The van der Waals surface area contributed by atoms with Crippen LogP contribution in [0.5, 0.6) is 11.5 Å². The van der Waals surface area contributed by atoms with E-state index in [0.29, 0.717) is 5.82 Å². The summed E-state index contributed by atoms with van der Waals surface area (Å²) >= 11 is 1.86. The van der Waals surface area contributed by atoms with Gasteiger partial charge in [0.15, 0.2) is 5.82 Å². The number of ether oxygens (including phenoxy) is 1. The van der Waals surface area contributed by atoms with Gasteiger partial charge in [-0.05, 0) is 65.6 Å². The van der Waals surface area contributed by atoms with Gasteiger partial charge in [-0.2, -0.15) is 0 Å². The van der Waals surface area contributed by atoms with Crippen LogP contribution in [0.25, 0.3) is 59.4 Å². The van der Waals surface area contributed by atoms with Crippen molar-refractivity contribution in [1.29, 1.82) is 0 Å². The van der Waals surface area contributed by atoms with Crippen LogP contribution in [0.1, 0.15) is 35.0 Å². The molecule has 3 nitrogen and oxygen atoms in total. The Morgan fingerprint density at radius 1 is 0.654 bits per heavy atom.